The number of carboxylic acids is 1. The first-order chi connectivity index (χ1) is 19.9. The lowest BCUT2D eigenvalue weighted by molar-refractivity contribution is -0.138. The third-order valence-corrected chi connectivity index (χ3v) is 9.49. The Bertz CT molecular complexity index is 778. The molecule has 0 unspecified atom stereocenters. The zero-order valence-corrected chi connectivity index (χ0v) is 26.8. The van der Waals surface area contributed by atoms with E-state index in [4.69, 9.17) is 22.3 Å². The fourth-order valence-electron chi connectivity index (χ4n) is 6.46. The van der Waals surface area contributed by atoms with Crippen LogP contribution in [0.15, 0.2) is 0 Å². The molecule has 4 aliphatic rings. The van der Waals surface area contributed by atoms with Gasteiger partial charge in [0.2, 0.25) is 0 Å². The highest BCUT2D eigenvalue weighted by molar-refractivity contribution is 5.78. The van der Waals surface area contributed by atoms with Crippen molar-refractivity contribution in [2.24, 2.45) is 46.8 Å². The molecule has 0 aromatic carbocycles. The molecule has 8 N–H and O–H groups in total. The molecule has 9 heteroatoms. The van der Waals surface area contributed by atoms with Gasteiger partial charge in [-0.3, -0.25) is 14.4 Å². The molecule has 0 bridgehead atoms. The molecule has 0 spiro atoms. The van der Waals surface area contributed by atoms with Gasteiger partial charge in [0.1, 0.15) is 17.3 Å². The fraction of sp³-hybridized carbons (Fsp3) is 0.882. The van der Waals surface area contributed by atoms with Gasteiger partial charge in [0.15, 0.2) is 0 Å². The van der Waals surface area contributed by atoms with Crippen LogP contribution in [0.1, 0.15) is 131 Å². The number of rotatable bonds is 7. The lowest BCUT2D eigenvalue weighted by Gasteiger charge is -2.25. The standard InChI is InChI=1S/C9H17NO.C8H15NO2.2C8H15NO.CH4/c1-7(11)9-4-2-8(6-10)3-5-9;9-7-3-1-6(2-4-7)5-8(10)11;1-7(10)6-8-2-4-9-5-3-8;1-6(10)7-2-4-8(9)5-3-7;/h8-9H,2-6,10H2,1H3;6-7H,1-5,9H2,(H,10,11);8-9H,2-6H2,1H3;7-8H,2-5,9H2,1H3;1H4. The lowest BCUT2D eigenvalue weighted by Crippen LogP contribution is -2.28. The van der Waals surface area contributed by atoms with Crippen LogP contribution in [0.4, 0.5) is 0 Å². The second-order valence-electron chi connectivity index (χ2n) is 13.3. The summed E-state index contributed by atoms with van der Waals surface area (Å²) in [6, 6.07) is 0.677. The minimum atomic E-state index is -0.675. The normalized spacial score (nSPS) is 29.0. The average molecular weight is 611 g/mol. The second kappa shape index (κ2) is 23.7. The molecule has 3 saturated carbocycles. The van der Waals surface area contributed by atoms with Crippen LogP contribution >= 0.6 is 0 Å². The minimum Gasteiger partial charge on any atom is -0.481 e. The number of hydrogen-bond donors (Lipinski definition) is 5. The maximum absolute atomic E-state index is 11.0. The van der Waals surface area contributed by atoms with Crippen LogP contribution in [0.25, 0.3) is 0 Å². The SMILES string of the molecule is C.CC(=O)C1CCC(CN)CC1.CC(=O)C1CCC(N)CC1.CC(=O)CC1CCNCC1.NC1CCC(CC(=O)O)CC1. The number of carbonyl (C=O) groups excluding carboxylic acids is 3. The molecule has 1 heterocycles. The third kappa shape index (κ3) is 20.1. The van der Waals surface area contributed by atoms with Crippen LogP contribution in [0.5, 0.6) is 0 Å². The summed E-state index contributed by atoms with van der Waals surface area (Å²) in [7, 11) is 0. The number of nitrogens with one attached hydrogen (secondary N) is 1. The van der Waals surface area contributed by atoms with Gasteiger partial charge >= 0.3 is 5.97 Å². The summed E-state index contributed by atoms with van der Waals surface area (Å²) in [4.78, 5) is 42.8. The van der Waals surface area contributed by atoms with Crippen molar-refractivity contribution in [2.45, 2.75) is 143 Å². The first-order valence-corrected chi connectivity index (χ1v) is 16.5. The highest BCUT2D eigenvalue weighted by Crippen LogP contribution is 2.28. The van der Waals surface area contributed by atoms with Gasteiger partial charge in [-0.25, -0.2) is 0 Å². The Labute approximate surface area is 262 Å². The maximum Gasteiger partial charge on any atom is 0.303 e. The van der Waals surface area contributed by atoms with E-state index in [-0.39, 0.29) is 7.43 Å². The van der Waals surface area contributed by atoms with Crippen molar-refractivity contribution in [3.8, 4) is 0 Å². The van der Waals surface area contributed by atoms with Crippen LogP contribution in [-0.2, 0) is 19.2 Å². The smallest absolute Gasteiger partial charge is 0.303 e. The predicted octanol–water partition coefficient (Wildman–Crippen LogP) is 5.01. The topological polar surface area (TPSA) is 179 Å². The van der Waals surface area contributed by atoms with Crippen molar-refractivity contribution in [2.75, 3.05) is 19.6 Å². The van der Waals surface area contributed by atoms with Crippen LogP contribution in [-0.4, -0.2) is 60.1 Å². The Hall–Kier alpha value is -1.68. The number of hydrogen-bond acceptors (Lipinski definition) is 8. The predicted molar refractivity (Wildman–Crippen MR) is 176 cm³/mol. The van der Waals surface area contributed by atoms with Gasteiger partial charge in [-0.2, -0.15) is 0 Å². The molecule has 4 fully saturated rings. The summed E-state index contributed by atoms with van der Waals surface area (Å²) in [5, 5.41) is 11.8. The fourth-order valence-corrected chi connectivity index (χ4v) is 6.46. The van der Waals surface area contributed by atoms with Crippen molar-refractivity contribution >= 4 is 23.3 Å². The van der Waals surface area contributed by atoms with E-state index in [0.29, 0.717) is 65.4 Å². The summed E-state index contributed by atoms with van der Waals surface area (Å²) >= 11 is 0. The van der Waals surface area contributed by atoms with E-state index < -0.39 is 5.97 Å². The van der Waals surface area contributed by atoms with Gasteiger partial charge in [0, 0.05) is 36.8 Å². The molecule has 0 amide bonds. The van der Waals surface area contributed by atoms with Gasteiger partial charge < -0.3 is 32.4 Å². The first kappa shape index (κ1) is 41.3. The first-order valence-electron chi connectivity index (χ1n) is 16.5. The number of aliphatic carboxylic acids is 1. The van der Waals surface area contributed by atoms with Crippen LogP contribution in [0.2, 0.25) is 0 Å². The molecule has 9 nitrogen and oxygen atoms in total. The van der Waals surface area contributed by atoms with Gasteiger partial charge in [-0.05, 0) is 148 Å². The molecule has 0 atom stereocenters. The molecule has 43 heavy (non-hydrogen) atoms. The minimum absolute atomic E-state index is 0. The molecule has 3 aliphatic carbocycles. The Balaban J connectivity index is 0.000000543. The number of piperidine rings is 1. The molecule has 1 aliphatic heterocycles. The molecule has 0 radical (unpaired) electrons. The maximum atomic E-state index is 11.0. The zero-order chi connectivity index (χ0) is 31.5. The van der Waals surface area contributed by atoms with Crippen molar-refractivity contribution < 1.29 is 24.3 Å². The Kier molecular flexibility index (Phi) is 22.7. The highest BCUT2D eigenvalue weighted by atomic mass is 16.4. The lowest BCUT2D eigenvalue weighted by atomic mass is 9.80. The van der Waals surface area contributed by atoms with Crippen molar-refractivity contribution in [3.05, 3.63) is 0 Å². The number of Topliss-reactive ketones (excluding diaryl/α,β-unsaturated/α-hetero) is 3. The summed E-state index contributed by atoms with van der Waals surface area (Å²) in [6.07, 6.45) is 16.0. The van der Waals surface area contributed by atoms with E-state index in [1.807, 2.05) is 0 Å². The average Bonchev–Trinajstić information content (AvgIpc) is 2.95. The Morgan fingerprint density at radius 3 is 1.35 bits per heavy atom. The van der Waals surface area contributed by atoms with E-state index in [2.05, 4.69) is 5.32 Å². The largest absolute Gasteiger partial charge is 0.481 e. The van der Waals surface area contributed by atoms with Crippen molar-refractivity contribution in [1.29, 1.82) is 0 Å². The summed E-state index contributed by atoms with van der Waals surface area (Å²) < 4.78 is 0. The van der Waals surface area contributed by atoms with Gasteiger partial charge in [-0.15, -0.1) is 0 Å². The van der Waals surface area contributed by atoms with E-state index in [9.17, 15) is 19.2 Å². The third-order valence-electron chi connectivity index (χ3n) is 9.49. The van der Waals surface area contributed by atoms with E-state index in [1.54, 1.807) is 20.8 Å². The van der Waals surface area contributed by atoms with E-state index in [0.717, 1.165) is 103 Å². The summed E-state index contributed by atoms with van der Waals surface area (Å²) in [6.45, 7) is 8.05. The van der Waals surface area contributed by atoms with Crippen molar-refractivity contribution in [3.63, 3.8) is 0 Å². The summed E-state index contributed by atoms with van der Waals surface area (Å²) in [5.41, 5.74) is 16.9. The number of nitrogens with two attached hydrogens (primary N) is 3. The monoisotopic (exact) mass is 611 g/mol. The van der Waals surface area contributed by atoms with Gasteiger partial charge in [-0.1, -0.05) is 7.43 Å². The van der Waals surface area contributed by atoms with Crippen molar-refractivity contribution in [1.82, 2.24) is 5.32 Å². The van der Waals surface area contributed by atoms with Gasteiger partial charge in [0.05, 0.1) is 0 Å². The molecular weight excluding hydrogens is 544 g/mol. The quantitative estimate of drug-likeness (QED) is 0.265. The molecular formula is C34H66N4O5. The Morgan fingerprint density at radius 2 is 0.977 bits per heavy atom. The van der Waals surface area contributed by atoms with Gasteiger partial charge in [0.25, 0.3) is 0 Å². The molecule has 252 valence electrons. The molecule has 1 saturated heterocycles. The molecule has 4 rings (SSSR count). The molecule has 0 aromatic heterocycles. The number of carboxylic acid groups (broad SMARTS) is 1. The Morgan fingerprint density at radius 1 is 0.605 bits per heavy atom. The highest BCUT2D eigenvalue weighted by Gasteiger charge is 2.23. The van der Waals surface area contributed by atoms with E-state index >= 15 is 0 Å². The molecule has 0 aromatic rings. The number of ketones is 3. The van der Waals surface area contributed by atoms with Crippen LogP contribution in [0, 0.1) is 29.6 Å². The second-order valence-corrected chi connectivity index (χ2v) is 13.3. The number of carbonyl (C=O) groups is 4. The van der Waals surface area contributed by atoms with Crippen LogP contribution < -0.4 is 22.5 Å². The van der Waals surface area contributed by atoms with Crippen LogP contribution in [0.3, 0.4) is 0 Å². The zero-order valence-electron chi connectivity index (χ0n) is 26.8. The van der Waals surface area contributed by atoms with E-state index in [1.165, 1.54) is 12.8 Å². The summed E-state index contributed by atoms with van der Waals surface area (Å²) in [5.74, 6) is 2.76.